The fourth-order valence-corrected chi connectivity index (χ4v) is 2.15. The van der Waals surface area contributed by atoms with Crippen molar-refractivity contribution in [2.75, 3.05) is 0 Å². The van der Waals surface area contributed by atoms with Gasteiger partial charge in [0.2, 0.25) is 5.91 Å². The number of urea groups is 1. The lowest BCUT2D eigenvalue weighted by Gasteiger charge is -2.23. The van der Waals surface area contributed by atoms with Crippen LogP contribution in [0.15, 0.2) is 60.7 Å². The molecule has 0 aliphatic rings. The number of nitrogens with zero attached hydrogens (tertiary/aromatic N) is 1. The van der Waals surface area contributed by atoms with Crippen LogP contribution >= 0.6 is 11.6 Å². The SMILES string of the molecule is CC(Cl)C(=O)NC(=O)N(Cc1ccccc1)Cc1ccccc1. The molecule has 0 heterocycles. The summed E-state index contributed by atoms with van der Waals surface area (Å²) in [5, 5.41) is 1.58. The maximum Gasteiger partial charge on any atom is 0.324 e. The molecule has 2 aromatic carbocycles. The van der Waals surface area contributed by atoms with Crippen LogP contribution in [0.2, 0.25) is 0 Å². The quantitative estimate of drug-likeness (QED) is 0.852. The summed E-state index contributed by atoms with van der Waals surface area (Å²) >= 11 is 5.71. The number of rotatable bonds is 5. The Balaban J connectivity index is 2.13. The van der Waals surface area contributed by atoms with E-state index in [1.165, 1.54) is 6.92 Å². The number of hydrogen-bond acceptors (Lipinski definition) is 2. The number of halogens is 1. The van der Waals surface area contributed by atoms with Gasteiger partial charge in [-0.2, -0.15) is 0 Å². The van der Waals surface area contributed by atoms with Crippen LogP contribution in [0.4, 0.5) is 4.79 Å². The summed E-state index contributed by atoms with van der Waals surface area (Å²) in [6.45, 7) is 2.35. The number of amides is 3. The summed E-state index contributed by atoms with van der Waals surface area (Å²) in [6, 6.07) is 18.8. The van der Waals surface area contributed by atoms with Crippen LogP contribution in [0, 0.1) is 0 Å². The molecule has 0 saturated carbocycles. The second kappa shape index (κ2) is 8.34. The van der Waals surface area contributed by atoms with E-state index in [1.54, 1.807) is 4.90 Å². The van der Waals surface area contributed by atoms with Gasteiger partial charge in [-0.15, -0.1) is 11.6 Å². The van der Waals surface area contributed by atoms with E-state index in [4.69, 9.17) is 11.6 Å². The predicted molar refractivity (Wildman–Crippen MR) is 91.0 cm³/mol. The summed E-state index contributed by atoms with van der Waals surface area (Å²) in [6.07, 6.45) is 0. The van der Waals surface area contributed by atoms with E-state index in [-0.39, 0.29) is 0 Å². The Morgan fingerprint density at radius 2 is 1.39 bits per heavy atom. The number of imide groups is 1. The summed E-state index contributed by atoms with van der Waals surface area (Å²) < 4.78 is 0. The van der Waals surface area contributed by atoms with E-state index >= 15 is 0 Å². The first kappa shape index (κ1) is 17.0. The highest BCUT2D eigenvalue weighted by atomic mass is 35.5. The molecule has 1 unspecified atom stereocenters. The van der Waals surface area contributed by atoms with Crippen LogP contribution in [-0.2, 0) is 17.9 Å². The monoisotopic (exact) mass is 330 g/mol. The highest BCUT2D eigenvalue weighted by Gasteiger charge is 2.19. The molecule has 5 heteroatoms. The van der Waals surface area contributed by atoms with Crippen LogP contribution in [0.5, 0.6) is 0 Å². The number of carbonyl (C=O) groups is 2. The predicted octanol–water partition coefficient (Wildman–Crippen LogP) is 3.55. The van der Waals surface area contributed by atoms with Gasteiger partial charge in [0.15, 0.2) is 0 Å². The zero-order chi connectivity index (χ0) is 16.7. The lowest BCUT2D eigenvalue weighted by atomic mass is 10.2. The van der Waals surface area contributed by atoms with Gasteiger partial charge in [-0.25, -0.2) is 4.79 Å². The second-order valence-corrected chi connectivity index (χ2v) is 5.89. The zero-order valence-electron chi connectivity index (χ0n) is 12.9. The third kappa shape index (κ3) is 5.42. The second-order valence-electron chi connectivity index (χ2n) is 5.24. The molecule has 120 valence electrons. The van der Waals surface area contributed by atoms with Gasteiger partial charge in [0.05, 0.1) is 0 Å². The fourth-order valence-electron chi connectivity index (χ4n) is 2.09. The van der Waals surface area contributed by atoms with E-state index in [0.717, 1.165) is 11.1 Å². The molecule has 0 aliphatic carbocycles. The Labute approximate surface area is 141 Å². The first-order chi connectivity index (χ1) is 11.1. The average molecular weight is 331 g/mol. The molecule has 3 amide bonds. The maximum absolute atomic E-state index is 12.4. The van der Waals surface area contributed by atoms with Crippen LogP contribution in [0.25, 0.3) is 0 Å². The molecule has 1 atom stereocenters. The molecule has 4 nitrogen and oxygen atoms in total. The summed E-state index contributed by atoms with van der Waals surface area (Å²) in [4.78, 5) is 25.7. The Kier molecular flexibility index (Phi) is 6.18. The van der Waals surface area contributed by atoms with Crippen molar-refractivity contribution in [1.29, 1.82) is 0 Å². The van der Waals surface area contributed by atoms with Crippen LogP contribution in [0.1, 0.15) is 18.1 Å². The van der Waals surface area contributed by atoms with E-state index in [1.807, 2.05) is 60.7 Å². The number of benzene rings is 2. The standard InChI is InChI=1S/C18H19ClN2O2/c1-14(19)17(22)20-18(23)21(12-15-8-4-2-5-9-15)13-16-10-6-3-7-11-16/h2-11,14H,12-13H2,1H3,(H,20,22,23). The minimum Gasteiger partial charge on any atom is -0.316 e. The molecule has 0 fully saturated rings. The molecule has 1 N–H and O–H groups in total. The lowest BCUT2D eigenvalue weighted by molar-refractivity contribution is -0.119. The minimum absolute atomic E-state index is 0.408. The molecule has 23 heavy (non-hydrogen) atoms. The molecule has 0 radical (unpaired) electrons. The Hall–Kier alpha value is -2.33. The van der Waals surface area contributed by atoms with Crippen molar-refractivity contribution < 1.29 is 9.59 Å². The lowest BCUT2D eigenvalue weighted by Crippen LogP contribution is -2.44. The maximum atomic E-state index is 12.4. The van der Waals surface area contributed by atoms with E-state index < -0.39 is 17.3 Å². The van der Waals surface area contributed by atoms with Gasteiger partial charge >= 0.3 is 6.03 Å². The highest BCUT2D eigenvalue weighted by Crippen LogP contribution is 2.10. The van der Waals surface area contributed by atoms with E-state index in [2.05, 4.69) is 5.32 Å². The fraction of sp³-hybridized carbons (Fsp3) is 0.222. The molecular formula is C18H19ClN2O2. The number of alkyl halides is 1. The van der Waals surface area contributed by atoms with Crippen molar-refractivity contribution in [3.8, 4) is 0 Å². The van der Waals surface area contributed by atoms with E-state index in [9.17, 15) is 9.59 Å². The Bertz CT molecular complexity index is 603. The Morgan fingerprint density at radius 3 is 1.78 bits per heavy atom. The molecular weight excluding hydrogens is 312 g/mol. The van der Waals surface area contributed by atoms with Gasteiger partial charge in [0.1, 0.15) is 5.38 Å². The smallest absolute Gasteiger partial charge is 0.316 e. The average Bonchev–Trinajstić information content (AvgIpc) is 2.56. The van der Waals surface area contributed by atoms with Crippen LogP contribution in [0.3, 0.4) is 0 Å². The molecule has 0 saturated heterocycles. The first-order valence-corrected chi connectivity index (χ1v) is 7.81. The summed E-state index contributed by atoms with van der Waals surface area (Å²) in [7, 11) is 0. The van der Waals surface area contributed by atoms with Crippen molar-refractivity contribution in [2.45, 2.75) is 25.4 Å². The topological polar surface area (TPSA) is 49.4 Å². The number of carbonyl (C=O) groups excluding carboxylic acids is 2. The summed E-state index contributed by atoms with van der Waals surface area (Å²) in [5.74, 6) is -0.497. The van der Waals surface area contributed by atoms with Crippen molar-refractivity contribution in [3.63, 3.8) is 0 Å². The van der Waals surface area contributed by atoms with Gasteiger partial charge in [-0.1, -0.05) is 60.7 Å². The molecule has 0 aliphatic heterocycles. The molecule has 0 aromatic heterocycles. The molecule has 0 spiro atoms. The first-order valence-electron chi connectivity index (χ1n) is 7.38. The van der Waals surface area contributed by atoms with Crippen molar-refractivity contribution >= 4 is 23.5 Å². The van der Waals surface area contributed by atoms with Crippen LogP contribution in [-0.4, -0.2) is 22.2 Å². The van der Waals surface area contributed by atoms with Gasteiger partial charge in [0, 0.05) is 13.1 Å². The number of hydrogen-bond donors (Lipinski definition) is 1. The number of nitrogens with one attached hydrogen (secondary N) is 1. The molecule has 0 bridgehead atoms. The van der Waals surface area contributed by atoms with Crippen LogP contribution < -0.4 is 5.32 Å². The van der Waals surface area contributed by atoms with Crippen molar-refractivity contribution in [2.24, 2.45) is 0 Å². The molecule has 2 aromatic rings. The van der Waals surface area contributed by atoms with E-state index in [0.29, 0.717) is 13.1 Å². The zero-order valence-corrected chi connectivity index (χ0v) is 13.7. The van der Waals surface area contributed by atoms with Gasteiger partial charge in [-0.05, 0) is 18.1 Å². The van der Waals surface area contributed by atoms with Gasteiger partial charge < -0.3 is 4.90 Å². The van der Waals surface area contributed by atoms with Gasteiger partial charge in [0.25, 0.3) is 0 Å². The normalized spacial score (nSPS) is 11.6. The van der Waals surface area contributed by atoms with Crippen molar-refractivity contribution in [3.05, 3.63) is 71.8 Å². The van der Waals surface area contributed by atoms with Crippen molar-refractivity contribution in [1.82, 2.24) is 10.2 Å². The third-order valence-electron chi connectivity index (χ3n) is 3.31. The minimum atomic E-state index is -0.755. The largest absolute Gasteiger partial charge is 0.324 e. The Morgan fingerprint density at radius 1 is 0.957 bits per heavy atom. The van der Waals surface area contributed by atoms with Gasteiger partial charge in [-0.3, -0.25) is 10.1 Å². The highest BCUT2D eigenvalue weighted by molar-refractivity contribution is 6.31. The molecule has 2 rings (SSSR count). The third-order valence-corrected chi connectivity index (χ3v) is 3.51. The summed E-state index contributed by atoms with van der Waals surface area (Å²) in [5.41, 5.74) is 1.98.